The van der Waals surface area contributed by atoms with Gasteiger partial charge in [-0.05, 0) is 17.1 Å². The highest BCUT2D eigenvalue weighted by atomic mass is 32.2. The number of hydrogen-bond donors (Lipinski definition) is 0. The quantitative estimate of drug-likeness (QED) is 0.280. The van der Waals surface area contributed by atoms with Crippen LogP contribution in [0.2, 0.25) is 0 Å². The highest BCUT2D eigenvalue weighted by molar-refractivity contribution is 7.85. The van der Waals surface area contributed by atoms with E-state index in [-0.39, 0.29) is 24.4 Å². The fourth-order valence-electron chi connectivity index (χ4n) is 3.24. The largest absolute Gasteiger partial charge is 0.325 e. The van der Waals surface area contributed by atoms with Crippen molar-refractivity contribution in [1.82, 2.24) is 9.67 Å². The third-order valence-electron chi connectivity index (χ3n) is 4.51. The number of aryl methyl sites for hydroxylation is 2. The van der Waals surface area contributed by atoms with Crippen LogP contribution >= 0.6 is 0 Å². The van der Waals surface area contributed by atoms with Gasteiger partial charge in [0.25, 0.3) is 5.82 Å². The zero-order valence-electron chi connectivity index (χ0n) is 14.5. The minimum Gasteiger partial charge on any atom is -0.254 e. The highest BCUT2D eigenvalue weighted by Gasteiger charge is 2.38. The normalized spacial score (nSPS) is 15.9. The van der Waals surface area contributed by atoms with Crippen molar-refractivity contribution < 1.29 is 30.8 Å². The molecule has 0 N–H and O–H groups in total. The van der Waals surface area contributed by atoms with Crippen LogP contribution < -0.4 is 4.68 Å². The maximum atomic E-state index is 14.6. The molecule has 28 heavy (non-hydrogen) atoms. The van der Waals surface area contributed by atoms with Gasteiger partial charge in [0.1, 0.15) is 5.69 Å². The number of aromatic nitrogens is 3. The second kappa shape index (κ2) is 6.77. The van der Waals surface area contributed by atoms with E-state index in [0.717, 1.165) is 4.68 Å². The fourth-order valence-corrected chi connectivity index (χ4v) is 4.44. The molecule has 0 saturated heterocycles. The van der Waals surface area contributed by atoms with Gasteiger partial charge in [-0.3, -0.25) is 4.21 Å². The molecule has 0 spiro atoms. The molecule has 0 saturated carbocycles. The van der Waals surface area contributed by atoms with Crippen molar-refractivity contribution in [3.8, 4) is 11.4 Å². The van der Waals surface area contributed by atoms with Crippen LogP contribution in [-0.2, 0) is 23.6 Å². The molecule has 2 heterocycles. The van der Waals surface area contributed by atoms with E-state index in [2.05, 4.69) is 4.98 Å². The van der Waals surface area contributed by atoms with Crippen molar-refractivity contribution in [3.63, 3.8) is 0 Å². The van der Waals surface area contributed by atoms with E-state index in [9.17, 15) is 26.2 Å². The first-order chi connectivity index (χ1) is 13.4. The molecular formula is C18H13F5N3OS+. The Hall–Kier alpha value is -2.62. The molecule has 146 valence electrons. The summed E-state index contributed by atoms with van der Waals surface area (Å²) in [6.45, 7) is 1.65. The first-order valence-electron chi connectivity index (χ1n) is 8.39. The zero-order valence-corrected chi connectivity index (χ0v) is 15.3. The average molecular weight is 414 g/mol. The monoisotopic (exact) mass is 414 g/mol. The molecule has 1 unspecified atom stereocenters. The summed E-state index contributed by atoms with van der Waals surface area (Å²) in [5, 5.41) is 0. The first kappa shape index (κ1) is 18.7. The summed E-state index contributed by atoms with van der Waals surface area (Å²) in [7, 11) is -1.40. The van der Waals surface area contributed by atoms with E-state index in [1.165, 1.54) is 4.68 Å². The van der Waals surface area contributed by atoms with Crippen LogP contribution in [-0.4, -0.2) is 19.6 Å². The molecule has 1 aliphatic rings. The van der Waals surface area contributed by atoms with Gasteiger partial charge in [-0.15, -0.1) is 9.36 Å². The Morgan fingerprint density at radius 1 is 1.04 bits per heavy atom. The number of nitrogens with zero attached hydrogens (tertiary/aromatic N) is 3. The maximum absolute atomic E-state index is 14.6. The van der Waals surface area contributed by atoms with Crippen LogP contribution in [0.25, 0.3) is 11.4 Å². The lowest BCUT2D eigenvalue weighted by atomic mass is 10.2. The highest BCUT2D eigenvalue weighted by Crippen LogP contribution is 2.27. The van der Waals surface area contributed by atoms with Crippen molar-refractivity contribution >= 4 is 10.8 Å². The van der Waals surface area contributed by atoms with Gasteiger partial charge in [0.05, 0.1) is 22.1 Å². The van der Waals surface area contributed by atoms with Crippen LogP contribution in [0.1, 0.15) is 18.6 Å². The topological polar surface area (TPSA) is 38.8 Å². The van der Waals surface area contributed by atoms with Gasteiger partial charge in [-0.2, -0.15) is 8.78 Å². The summed E-state index contributed by atoms with van der Waals surface area (Å²) in [4.78, 5) is 4.71. The minimum absolute atomic E-state index is 0.112. The van der Waals surface area contributed by atoms with E-state index in [4.69, 9.17) is 0 Å². The SMILES string of the molecule is CCc1nc2n([n+]1-c1c(F)c(F)c(F)c(F)c1F)-c1ccccc1S(=O)CC2. The Labute approximate surface area is 158 Å². The summed E-state index contributed by atoms with van der Waals surface area (Å²) in [5.74, 6) is -9.57. The Bertz CT molecular complexity index is 1120. The molecule has 2 aromatic carbocycles. The lowest BCUT2D eigenvalue weighted by molar-refractivity contribution is -0.687. The average Bonchev–Trinajstić information content (AvgIpc) is 3.00. The molecule has 0 amide bonds. The third kappa shape index (κ3) is 2.58. The van der Waals surface area contributed by atoms with Gasteiger partial charge in [-0.25, -0.2) is 13.2 Å². The van der Waals surface area contributed by atoms with Crippen molar-refractivity contribution in [3.05, 3.63) is 65.0 Å². The van der Waals surface area contributed by atoms with Crippen LogP contribution in [0.4, 0.5) is 22.0 Å². The van der Waals surface area contributed by atoms with Gasteiger partial charge in [0, 0.05) is 12.2 Å². The molecule has 0 fully saturated rings. The summed E-state index contributed by atoms with van der Waals surface area (Å²) in [6.07, 6.45) is 0.376. The Morgan fingerprint density at radius 3 is 2.29 bits per heavy atom. The minimum atomic E-state index is -2.23. The summed E-state index contributed by atoms with van der Waals surface area (Å²) in [5.41, 5.74) is -0.807. The summed E-state index contributed by atoms with van der Waals surface area (Å²) >= 11 is 0. The Balaban J connectivity index is 2.15. The second-order valence-corrected chi connectivity index (χ2v) is 7.65. The lowest BCUT2D eigenvalue weighted by Gasteiger charge is -2.11. The predicted molar refractivity (Wildman–Crippen MR) is 89.2 cm³/mol. The summed E-state index contributed by atoms with van der Waals surface area (Å²) < 4.78 is 85.0. The van der Waals surface area contributed by atoms with Crippen LogP contribution in [0.5, 0.6) is 0 Å². The zero-order chi connectivity index (χ0) is 20.2. The van der Waals surface area contributed by atoms with Crippen molar-refractivity contribution in [2.45, 2.75) is 24.7 Å². The fraction of sp³-hybridized carbons (Fsp3) is 0.222. The van der Waals surface area contributed by atoms with Gasteiger partial charge in [0.2, 0.25) is 34.8 Å². The maximum Gasteiger partial charge on any atom is 0.325 e. The Kier molecular flexibility index (Phi) is 4.53. The van der Waals surface area contributed by atoms with Gasteiger partial charge >= 0.3 is 5.82 Å². The molecular weight excluding hydrogens is 401 g/mol. The third-order valence-corrected chi connectivity index (χ3v) is 5.92. The van der Waals surface area contributed by atoms with Gasteiger partial charge in [-0.1, -0.05) is 19.1 Å². The van der Waals surface area contributed by atoms with Crippen molar-refractivity contribution in [2.24, 2.45) is 0 Å². The van der Waals surface area contributed by atoms with Crippen molar-refractivity contribution in [1.29, 1.82) is 0 Å². The van der Waals surface area contributed by atoms with E-state index < -0.39 is 45.6 Å². The van der Waals surface area contributed by atoms with Crippen LogP contribution in [0.3, 0.4) is 0 Å². The molecule has 10 heteroatoms. The van der Waals surface area contributed by atoms with E-state index in [1.807, 2.05) is 0 Å². The lowest BCUT2D eigenvalue weighted by Crippen LogP contribution is -2.46. The molecule has 0 radical (unpaired) electrons. The molecule has 1 aliphatic heterocycles. The number of fused-ring (bicyclic) bond motifs is 3. The molecule has 4 nitrogen and oxygen atoms in total. The predicted octanol–water partition coefficient (Wildman–Crippen LogP) is 3.07. The first-order valence-corrected chi connectivity index (χ1v) is 9.71. The Morgan fingerprint density at radius 2 is 1.64 bits per heavy atom. The summed E-state index contributed by atoms with van der Waals surface area (Å²) in [6, 6.07) is 6.43. The number of hydrogen-bond acceptors (Lipinski definition) is 2. The molecule has 1 atom stereocenters. The molecule has 0 aliphatic carbocycles. The molecule has 0 bridgehead atoms. The molecule has 4 rings (SSSR count). The number of halogens is 5. The number of rotatable bonds is 2. The van der Waals surface area contributed by atoms with E-state index in [0.29, 0.717) is 16.4 Å². The second-order valence-electron chi connectivity index (χ2n) is 6.11. The van der Waals surface area contributed by atoms with Gasteiger partial charge in [0.15, 0.2) is 0 Å². The van der Waals surface area contributed by atoms with E-state index in [1.54, 1.807) is 31.2 Å². The smallest absolute Gasteiger partial charge is 0.254 e. The van der Waals surface area contributed by atoms with E-state index >= 15 is 0 Å². The van der Waals surface area contributed by atoms with Gasteiger partial charge < -0.3 is 0 Å². The molecule has 1 aromatic heterocycles. The standard InChI is InChI=1S/C18H13F5N3OS/c1-2-11-24-12-7-8-28(27)10-6-4-3-5-9(10)25(12)26(11)18-16(22)14(20)13(19)15(21)17(18)23/h3-6H,2,7-8H2,1H3/q+1. The van der Waals surface area contributed by atoms with Crippen molar-refractivity contribution in [2.75, 3.05) is 5.75 Å². The van der Waals surface area contributed by atoms with Crippen LogP contribution in [0, 0.1) is 29.1 Å². The molecule has 3 aromatic rings. The van der Waals surface area contributed by atoms with Crippen LogP contribution in [0.15, 0.2) is 29.2 Å². The number of benzene rings is 2. The number of para-hydroxylation sites is 1.